The number of hydrogen-bond acceptors (Lipinski definition) is 20. The monoisotopic (exact) mass is 1060 g/mol. The number of carbonyl (C=O) groups excluding carboxylic acids is 9. The molecule has 3 rings (SSSR count). The van der Waals surface area contributed by atoms with E-state index in [2.05, 4.69) is 31.6 Å². The third-order valence-corrected chi connectivity index (χ3v) is 12.4. The van der Waals surface area contributed by atoms with Crippen LogP contribution in [0.5, 0.6) is 5.75 Å². The number of aromatic hydroxyl groups is 1. The summed E-state index contributed by atoms with van der Waals surface area (Å²) in [6, 6.07) is -7.10. The summed E-state index contributed by atoms with van der Waals surface area (Å²) in [6.45, 7) is 2.08. The van der Waals surface area contributed by atoms with Gasteiger partial charge in [-0.15, -0.1) is 0 Å². The number of aliphatic imine (C=N–C) groups is 1. The number of nitrogens with zero attached hydrogens (tertiary/aromatic N) is 4. The van der Waals surface area contributed by atoms with E-state index >= 15 is 0 Å². The standard InChI is InChI=1S/C46H73N13O16/c1-24(51-40(66)31-17-19-50-38(53-31)32(22-27-11-13-28(63)14-12-27)52-36(64)16-15-30(49)46(72)73)44(70)59(35-10-7-21-58(75)45(35)71)34(9-6-20-57(74)26(3)62)42(68)56-41(67)33(23-60)54-43(69)37(25(2)61)55-39(65)29(48)8-4-5-18-47/h11-14,24-25,29-35,37,60-61,63,74-75H,4-10,15-23,47-49H2,1-3H3,(H,50,53)(H,51,66)(H,52,64)(H,54,69)(H,55,65)(H,72,73)(H,56,67,68)/t24-,25-,29+,30?,31?,32?,33-,34+,35?,37+/m1/s1. The van der Waals surface area contributed by atoms with Crippen molar-refractivity contribution in [1.82, 2.24) is 46.9 Å². The molecule has 1 aromatic carbocycles. The van der Waals surface area contributed by atoms with Gasteiger partial charge in [0.15, 0.2) is 0 Å². The molecule has 1 fully saturated rings. The zero-order chi connectivity index (χ0) is 56.1. The molecule has 0 bridgehead atoms. The van der Waals surface area contributed by atoms with Crippen LogP contribution in [0.4, 0.5) is 0 Å². The lowest BCUT2D eigenvalue weighted by Crippen LogP contribution is -2.65. The summed E-state index contributed by atoms with van der Waals surface area (Å²) in [7, 11) is 0. The van der Waals surface area contributed by atoms with Crippen LogP contribution in [-0.4, -0.2) is 204 Å². The molecule has 0 radical (unpaired) electrons. The lowest BCUT2D eigenvalue weighted by atomic mass is 9.98. The van der Waals surface area contributed by atoms with E-state index < -0.39 is 139 Å². The van der Waals surface area contributed by atoms with Gasteiger partial charge in [-0.05, 0) is 95.9 Å². The summed E-state index contributed by atoms with van der Waals surface area (Å²) in [6.07, 6.45) is -1.43. The van der Waals surface area contributed by atoms with E-state index in [0.29, 0.717) is 35.1 Å². The normalized spacial score (nSPS) is 18.7. The minimum absolute atomic E-state index is 0.0272. The molecule has 4 unspecified atom stereocenters. The largest absolute Gasteiger partial charge is 0.508 e. The molecule has 0 aromatic heterocycles. The predicted molar refractivity (Wildman–Crippen MR) is 262 cm³/mol. The number of carboxylic acid groups (broad SMARTS) is 1. The first-order valence-electron chi connectivity index (χ1n) is 24.6. The molecular formula is C46H73N13O16. The number of piperidine rings is 1. The molecule has 0 spiro atoms. The second-order valence-electron chi connectivity index (χ2n) is 18.3. The SMILES string of the molecule is CC(=O)N(O)CCC[C@@H](C(=O)NC(=O)[C@@H](CO)NC(=O)[C@@H](NC(=O)[C@@H](N)CCCCN)[C@@H](C)O)N(C(=O)[C@@H](C)NC(=O)C1CCN=C(C(Cc2ccc(O)cc2)NC(=O)CCC(N)C(=O)O)N1)C1CCCN(O)C1=O. The number of hydrogen-bond donors (Lipinski definition) is 15. The number of nitrogens with two attached hydrogens (primary N) is 3. The van der Waals surface area contributed by atoms with E-state index in [1.54, 1.807) is 12.1 Å². The highest BCUT2D eigenvalue weighted by Crippen LogP contribution is 2.23. The number of carboxylic acids is 1. The Balaban J connectivity index is 1.92. The van der Waals surface area contributed by atoms with Gasteiger partial charge in [0.05, 0.1) is 24.8 Å². The number of aliphatic carboxylic acids is 1. The third kappa shape index (κ3) is 19.4. The number of hydroxylamine groups is 4. The van der Waals surface area contributed by atoms with Gasteiger partial charge >= 0.3 is 5.97 Å². The first-order chi connectivity index (χ1) is 35.4. The van der Waals surface area contributed by atoms with Gasteiger partial charge in [-0.1, -0.05) is 18.6 Å². The van der Waals surface area contributed by atoms with Crippen LogP contribution < -0.4 is 49.1 Å². The van der Waals surface area contributed by atoms with Crippen molar-refractivity contribution in [2.24, 2.45) is 22.2 Å². The van der Waals surface area contributed by atoms with Crippen molar-refractivity contribution < 1.29 is 78.8 Å². The summed E-state index contributed by atoms with van der Waals surface area (Å²) in [5, 5.41) is 75.8. The molecule has 1 saturated heterocycles. The van der Waals surface area contributed by atoms with E-state index in [4.69, 9.17) is 17.2 Å². The van der Waals surface area contributed by atoms with Crippen molar-refractivity contribution in [1.29, 1.82) is 0 Å². The summed E-state index contributed by atoms with van der Waals surface area (Å²) in [4.78, 5) is 138. The van der Waals surface area contributed by atoms with Crippen LogP contribution in [-0.2, 0) is 54.4 Å². The molecule has 2 heterocycles. The van der Waals surface area contributed by atoms with Crippen LogP contribution >= 0.6 is 0 Å². The van der Waals surface area contributed by atoms with Gasteiger partial charge in [0.1, 0.15) is 53.9 Å². The average molecular weight is 1060 g/mol. The highest BCUT2D eigenvalue weighted by atomic mass is 16.5. The first kappa shape index (κ1) is 62.4. The Labute approximate surface area is 432 Å². The second-order valence-corrected chi connectivity index (χ2v) is 18.3. The maximum atomic E-state index is 14.8. The number of rotatable bonds is 29. The molecule has 1 aromatic rings. The van der Waals surface area contributed by atoms with E-state index in [1.807, 2.05) is 5.32 Å². The van der Waals surface area contributed by atoms with Crippen molar-refractivity contribution in [3.05, 3.63) is 29.8 Å². The number of amides is 9. The number of amidine groups is 1. The van der Waals surface area contributed by atoms with Gasteiger partial charge in [-0.3, -0.25) is 68.7 Å². The molecule has 29 nitrogen and oxygen atoms in total. The fourth-order valence-corrected chi connectivity index (χ4v) is 8.04. The average Bonchev–Trinajstić information content (AvgIpc) is 3.36. The topological polar surface area (TPSA) is 464 Å². The fraction of sp³-hybridized carbons (Fsp3) is 0.630. The molecule has 2 aliphatic heterocycles. The van der Waals surface area contributed by atoms with Crippen molar-refractivity contribution >= 4 is 65.0 Å². The number of unbranched alkanes of at least 4 members (excludes halogenated alkanes) is 1. The summed E-state index contributed by atoms with van der Waals surface area (Å²) < 4.78 is 0. The zero-order valence-corrected chi connectivity index (χ0v) is 42.2. The van der Waals surface area contributed by atoms with E-state index in [1.165, 1.54) is 19.1 Å². The summed E-state index contributed by atoms with van der Waals surface area (Å²) in [5.74, 6) is -10.2. The lowest BCUT2D eigenvalue weighted by molar-refractivity contribution is -0.182. The first-order valence-corrected chi connectivity index (χ1v) is 24.6. The predicted octanol–water partition coefficient (Wildman–Crippen LogP) is -5.09. The Bertz CT molecular complexity index is 2200. The molecule has 18 N–H and O–H groups in total. The minimum Gasteiger partial charge on any atom is -0.508 e. The minimum atomic E-state index is -1.93. The zero-order valence-electron chi connectivity index (χ0n) is 42.2. The number of aliphatic hydroxyl groups excluding tert-OH is 2. The van der Waals surface area contributed by atoms with Gasteiger partial charge in [0, 0.05) is 33.0 Å². The fourth-order valence-electron chi connectivity index (χ4n) is 8.04. The summed E-state index contributed by atoms with van der Waals surface area (Å²) in [5.41, 5.74) is 17.6. The van der Waals surface area contributed by atoms with Crippen LogP contribution in [0, 0.1) is 0 Å². The van der Waals surface area contributed by atoms with Gasteiger partial charge in [-0.25, -0.2) is 10.1 Å². The van der Waals surface area contributed by atoms with Gasteiger partial charge in [-0.2, -0.15) is 0 Å². The Morgan fingerprint density at radius 3 is 2.17 bits per heavy atom. The number of aliphatic hydroxyl groups is 2. The van der Waals surface area contributed by atoms with Gasteiger partial charge in [0.2, 0.25) is 41.4 Å². The Hall–Kier alpha value is -6.89. The smallest absolute Gasteiger partial charge is 0.320 e. The molecular weight excluding hydrogens is 991 g/mol. The molecule has 0 saturated carbocycles. The Morgan fingerprint density at radius 1 is 0.880 bits per heavy atom. The maximum absolute atomic E-state index is 14.8. The third-order valence-electron chi connectivity index (χ3n) is 12.4. The molecule has 0 aliphatic carbocycles. The van der Waals surface area contributed by atoms with Crippen molar-refractivity contribution in [3.8, 4) is 5.75 Å². The van der Waals surface area contributed by atoms with Crippen LogP contribution in [0.15, 0.2) is 29.3 Å². The number of imide groups is 1. The Morgan fingerprint density at radius 2 is 1.56 bits per heavy atom. The molecule has 9 amide bonds. The maximum Gasteiger partial charge on any atom is 0.320 e. The number of benzene rings is 1. The van der Waals surface area contributed by atoms with Crippen LogP contribution in [0.25, 0.3) is 0 Å². The molecule has 418 valence electrons. The number of phenols is 1. The molecule has 10 atom stereocenters. The van der Waals surface area contributed by atoms with Crippen LogP contribution in [0.3, 0.4) is 0 Å². The molecule has 29 heteroatoms. The Kier molecular flexibility index (Phi) is 25.4. The van der Waals surface area contributed by atoms with Crippen LogP contribution in [0.2, 0.25) is 0 Å². The van der Waals surface area contributed by atoms with Crippen molar-refractivity contribution in [2.45, 2.75) is 152 Å². The van der Waals surface area contributed by atoms with Crippen molar-refractivity contribution in [2.75, 3.05) is 32.8 Å². The lowest BCUT2D eigenvalue weighted by Gasteiger charge is -2.41. The number of carbonyl (C=O) groups is 10. The van der Waals surface area contributed by atoms with E-state index in [0.717, 1.165) is 18.7 Å². The highest BCUT2D eigenvalue weighted by molar-refractivity contribution is 6.04. The number of phenolic OH excluding ortho intramolecular Hbond substituents is 1. The van der Waals surface area contributed by atoms with Gasteiger partial charge in [0.25, 0.3) is 11.8 Å². The number of nitrogens with one attached hydrogen (secondary N) is 6. The molecule has 75 heavy (non-hydrogen) atoms. The van der Waals surface area contributed by atoms with E-state index in [9.17, 15) is 78.8 Å². The molecule has 2 aliphatic rings. The quantitative estimate of drug-likeness (QED) is 0.0203. The van der Waals surface area contributed by atoms with Gasteiger partial charge < -0.3 is 69.1 Å². The van der Waals surface area contributed by atoms with Crippen molar-refractivity contribution in [3.63, 3.8) is 0 Å². The van der Waals surface area contributed by atoms with Crippen LogP contribution in [0.1, 0.15) is 90.5 Å². The second kappa shape index (κ2) is 30.5. The van der Waals surface area contributed by atoms with E-state index in [-0.39, 0.29) is 76.0 Å². The highest BCUT2D eigenvalue weighted by Gasteiger charge is 2.44. The summed E-state index contributed by atoms with van der Waals surface area (Å²) >= 11 is 0.